The van der Waals surface area contributed by atoms with Gasteiger partial charge in [-0.05, 0) is 44.0 Å². The van der Waals surface area contributed by atoms with Crippen LogP contribution >= 0.6 is 11.3 Å². The first-order valence-corrected chi connectivity index (χ1v) is 7.49. The summed E-state index contributed by atoms with van der Waals surface area (Å²) in [6.45, 7) is 2.60. The largest absolute Gasteiger partial charge is 0.461 e. The Bertz CT molecular complexity index is 625. The van der Waals surface area contributed by atoms with Crippen molar-refractivity contribution in [2.75, 3.05) is 13.2 Å². The molecule has 1 fully saturated rings. The van der Waals surface area contributed by atoms with Crippen LogP contribution in [0.25, 0.3) is 10.6 Å². The highest BCUT2D eigenvalue weighted by atomic mass is 32.1. The number of carbonyl (C=O) groups is 1. The molecule has 1 amide bonds. The van der Waals surface area contributed by atoms with Crippen molar-refractivity contribution >= 4 is 17.2 Å². The molecule has 106 valence electrons. The number of aliphatic hydroxyl groups is 1. The van der Waals surface area contributed by atoms with Crippen LogP contribution in [0, 0.1) is 12.3 Å². The standard InChI is InChI=1S/C15H17NO3S/c1-10-2-3-11(19-10)12-4-5-13(20-12)14(18)16-8-15(9-17)6-7-15/h2-5,17H,6-9H2,1H3,(H,16,18). The van der Waals surface area contributed by atoms with E-state index in [9.17, 15) is 9.90 Å². The van der Waals surface area contributed by atoms with Gasteiger partial charge in [0.25, 0.3) is 5.91 Å². The van der Waals surface area contributed by atoms with Gasteiger partial charge in [-0.15, -0.1) is 11.3 Å². The molecule has 0 atom stereocenters. The molecular formula is C15H17NO3S. The maximum atomic E-state index is 12.1. The van der Waals surface area contributed by atoms with E-state index in [0.717, 1.165) is 29.2 Å². The predicted octanol–water partition coefficient (Wildman–Crippen LogP) is 2.82. The van der Waals surface area contributed by atoms with E-state index in [1.807, 2.05) is 31.2 Å². The van der Waals surface area contributed by atoms with Gasteiger partial charge in [0.05, 0.1) is 16.4 Å². The third-order valence-corrected chi connectivity index (χ3v) is 4.83. The summed E-state index contributed by atoms with van der Waals surface area (Å²) < 4.78 is 5.55. The predicted molar refractivity (Wildman–Crippen MR) is 77.8 cm³/mol. The molecule has 20 heavy (non-hydrogen) atoms. The van der Waals surface area contributed by atoms with Crippen molar-refractivity contribution in [1.82, 2.24) is 5.32 Å². The Hall–Kier alpha value is -1.59. The first kappa shape index (κ1) is 13.4. The van der Waals surface area contributed by atoms with Gasteiger partial charge in [0.15, 0.2) is 0 Å². The quantitative estimate of drug-likeness (QED) is 0.890. The van der Waals surface area contributed by atoms with Crippen LogP contribution in [-0.4, -0.2) is 24.2 Å². The fourth-order valence-electron chi connectivity index (χ4n) is 2.08. The minimum atomic E-state index is -0.0794. The lowest BCUT2D eigenvalue weighted by molar-refractivity contribution is 0.0939. The van der Waals surface area contributed by atoms with Crippen molar-refractivity contribution in [2.45, 2.75) is 19.8 Å². The maximum Gasteiger partial charge on any atom is 0.261 e. The fourth-order valence-corrected chi connectivity index (χ4v) is 2.97. The average molecular weight is 291 g/mol. The second-order valence-corrected chi connectivity index (χ2v) is 6.50. The van der Waals surface area contributed by atoms with Gasteiger partial charge in [0, 0.05) is 12.0 Å². The van der Waals surface area contributed by atoms with E-state index in [4.69, 9.17) is 4.42 Å². The number of carbonyl (C=O) groups excluding carboxylic acids is 1. The number of nitrogens with one attached hydrogen (secondary N) is 1. The van der Waals surface area contributed by atoms with Crippen molar-refractivity contribution in [3.63, 3.8) is 0 Å². The molecule has 5 heteroatoms. The van der Waals surface area contributed by atoms with E-state index in [1.54, 1.807) is 0 Å². The molecule has 3 rings (SSSR count). The number of furan rings is 1. The maximum absolute atomic E-state index is 12.1. The second kappa shape index (κ2) is 5.07. The second-order valence-electron chi connectivity index (χ2n) is 5.41. The van der Waals surface area contributed by atoms with Gasteiger partial charge in [-0.3, -0.25) is 4.79 Å². The van der Waals surface area contributed by atoms with Gasteiger partial charge in [0.2, 0.25) is 0 Å². The van der Waals surface area contributed by atoms with Gasteiger partial charge < -0.3 is 14.8 Å². The molecule has 2 aromatic rings. The van der Waals surface area contributed by atoms with Gasteiger partial charge in [-0.25, -0.2) is 0 Å². The molecule has 0 aromatic carbocycles. The van der Waals surface area contributed by atoms with E-state index < -0.39 is 0 Å². The van der Waals surface area contributed by atoms with Crippen LogP contribution in [0.5, 0.6) is 0 Å². The Labute approximate surface area is 121 Å². The normalized spacial score (nSPS) is 16.1. The molecule has 1 aliphatic rings. The molecule has 1 saturated carbocycles. The summed E-state index contributed by atoms with van der Waals surface area (Å²) in [6.07, 6.45) is 1.98. The summed E-state index contributed by atoms with van der Waals surface area (Å²) in [4.78, 5) is 13.7. The first-order valence-electron chi connectivity index (χ1n) is 6.68. The minimum absolute atomic E-state index is 0.0616. The van der Waals surface area contributed by atoms with E-state index >= 15 is 0 Å². The lowest BCUT2D eigenvalue weighted by Crippen LogP contribution is -2.31. The van der Waals surface area contributed by atoms with Crippen molar-refractivity contribution in [3.8, 4) is 10.6 Å². The van der Waals surface area contributed by atoms with Crippen LogP contribution < -0.4 is 5.32 Å². The van der Waals surface area contributed by atoms with Crippen LogP contribution in [0.3, 0.4) is 0 Å². The average Bonchev–Trinajstić information content (AvgIpc) is 2.86. The van der Waals surface area contributed by atoms with Gasteiger partial charge in [-0.2, -0.15) is 0 Å². The molecular weight excluding hydrogens is 274 g/mol. The van der Waals surface area contributed by atoms with Crippen LogP contribution in [0.4, 0.5) is 0 Å². The number of hydrogen-bond donors (Lipinski definition) is 2. The van der Waals surface area contributed by atoms with Crippen LogP contribution in [0.1, 0.15) is 28.3 Å². The van der Waals surface area contributed by atoms with Gasteiger partial charge in [-0.1, -0.05) is 0 Å². The molecule has 2 heterocycles. The topological polar surface area (TPSA) is 62.5 Å². The Morgan fingerprint density at radius 2 is 2.20 bits per heavy atom. The van der Waals surface area contributed by atoms with Gasteiger partial charge in [0.1, 0.15) is 11.5 Å². The van der Waals surface area contributed by atoms with Crippen LogP contribution in [0.2, 0.25) is 0 Å². The number of thiophene rings is 1. The summed E-state index contributed by atoms with van der Waals surface area (Å²) in [7, 11) is 0. The van der Waals surface area contributed by atoms with Crippen molar-refractivity contribution in [2.24, 2.45) is 5.41 Å². The zero-order valence-electron chi connectivity index (χ0n) is 11.3. The zero-order valence-corrected chi connectivity index (χ0v) is 12.1. The van der Waals surface area contributed by atoms with E-state index in [-0.39, 0.29) is 17.9 Å². The molecule has 1 aliphatic carbocycles. The highest BCUT2D eigenvalue weighted by Gasteiger charge is 2.42. The van der Waals surface area contributed by atoms with Crippen LogP contribution in [0.15, 0.2) is 28.7 Å². The number of aliphatic hydroxyl groups excluding tert-OH is 1. The third-order valence-electron chi connectivity index (χ3n) is 3.73. The van der Waals surface area contributed by atoms with E-state index in [2.05, 4.69) is 5.32 Å². The Morgan fingerprint density at radius 1 is 1.40 bits per heavy atom. The monoisotopic (exact) mass is 291 g/mol. The fraction of sp³-hybridized carbons (Fsp3) is 0.400. The van der Waals surface area contributed by atoms with Crippen molar-refractivity contribution in [3.05, 3.63) is 34.9 Å². The first-order chi connectivity index (χ1) is 9.62. The molecule has 0 bridgehead atoms. The Kier molecular flexibility index (Phi) is 3.40. The lowest BCUT2D eigenvalue weighted by atomic mass is 10.1. The smallest absolute Gasteiger partial charge is 0.261 e. The molecule has 2 N–H and O–H groups in total. The SMILES string of the molecule is Cc1ccc(-c2ccc(C(=O)NCC3(CO)CC3)s2)o1. The number of hydrogen-bond acceptors (Lipinski definition) is 4. The molecule has 4 nitrogen and oxygen atoms in total. The minimum Gasteiger partial charge on any atom is -0.461 e. The van der Waals surface area contributed by atoms with Crippen molar-refractivity contribution in [1.29, 1.82) is 0 Å². The highest BCUT2D eigenvalue weighted by molar-refractivity contribution is 7.17. The molecule has 0 saturated heterocycles. The van der Waals surface area contributed by atoms with Gasteiger partial charge >= 0.3 is 0 Å². The molecule has 0 radical (unpaired) electrons. The lowest BCUT2D eigenvalue weighted by Gasteiger charge is -2.11. The molecule has 0 aliphatic heterocycles. The summed E-state index contributed by atoms with van der Waals surface area (Å²) in [6, 6.07) is 7.53. The number of amides is 1. The summed E-state index contributed by atoms with van der Waals surface area (Å²) >= 11 is 1.42. The summed E-state index contributed by atoms with van der Waals surface area (Å²) in [5.41, 5.74) is -0.0616. The summed E-state index contributed by atoms with van der Waals surface area (Å²) in [5.74, 6) is 1.57. The third kappa shape index (κ3) is 2.64. The molecule has 0 spiro atoms. The molecule has 0 unspecified atom stereocenters. The summed E-state index contributed by atoms with van der Waals surface area (Å²) in [5, 5.41) is 12.1. The van der Waals surface area contributed by atoms with E-state index in [0.29, 0.717) is 11.4 Å². The zero-order chi connectivity index (χ0) is 14.2. The number of aryl methyl sites for hydroxylation is 1. The van der Waals surface area contributed by atoms with E-state index in [1.165, 1.54) is 11.3 Å². The highest BCUT2D eigenvalue weighted by Crippen LogP contribution is 2.44. The molecule has 2 aromatic heterocycles. The van der Waals surface area contributed by atoms with Crippen molar-refractivity contribution < 1.29 is 14.3 Å². The number of rotatable bonds is 5. The van der Waals surface area contributed by atoms with Crippen LogP contribution in [-0.2, 0) is 0 Å². The Morgan fingerprint density at radius 3 is 2.80 bits per heavy atom. The Balaban J connectivity index is 1.65.